The lowest BCUT2D eigenvalue weighted by atomic mass is 9.96. The van der Waals surface area contributed by atoms with Gasteiger partial charge in [-0.15, -0.1) is 0 Å². The molecule has 1 unspecified atom stereocenters. The first kappa shape index (κ1) is 12.7. The molecular weight excluding hydrogens is 250 g/mol. The summed E-state index contributed by atoms with van der Waals surface area (Å²) in [5.74, 6) is 0.758. The van der Waals surface area contributed by atoms with E-state index in [4.69, 9.17) is 0 Å². The molecule has 0 N–H and O–H groups in total. The zero-order chi connectivity index (χ0) is 11.3. The topological polar surface area (TPSA) is 12.9 Å². The standard InChI is InChI=1S/C13H20BrN/c1-4-11(5-2)13(14)8-12-7-6-10(3)9-15-12/h6-7,9,11,13H,4-5,8H2,1-3H3. The Morgan fingerprint density at radius 2 is 1.93 bits per heavy atom. The van der Waals surface area contributed by atoms with Crippen LogP contribution in [0.2, 0.25) is 0 Å². The van der Waals surface area contributed by atoms with Crippen molar-refractivity contribution in [3.05, 3.63) is 29.6 Å². The monoisotopic (exact) mass is 269 g/mol. The van der Waals surface area contributed by atoms with Gasteiger partial charge in [0.25, 0.3) is 0 Å². The van der Waals surface area contributed by atoms with Crippen LogP contribution in [-0.2, 0) is 6.42 Å². The molecule has 2 heteroatoms. The van der Waals surface area contributed by atoms with Gasteiger partial charge in [0.1, 0.15) is 0 Å². The number of hydrogen-bond acceptors (Lipinski definition) is 1. The number of pyridine rings is 1. The predicted octanol–water partition coefficient (Wildman–Crippen LogP) is 4.13. The number of hydrogen-bond donors (Lipinski definition) is 0. The molecule has 0 amide bonds. The van der Waals surface area contributed by atoms with Crippen LogP contribution in [-0.4, -0.2) is 9.81 Å². The van der Waals surface area contributed by atoms with Crippen LogP contribution in [0.3, 0.4) is 0 Å². The van der Waals surface area contributed by atoms with Crippen LogP contribution in [0.4, 0.5) is 0 Å². The van der Waals surface area contributed by atoms with E-state index in [2.05, 4.69) is 53.8 Å². The second-order valence-corrected chi connectivity index (χ2v) is 5.30. The van der Waals surface area contributed by atoms with Crippen molar-refractivity contribution in [3.63, 3.8) is 0 Å². The Labute approximate surface area is 101 Å². The van der Waals surface area contributed by atoms with Gasteiger partial charge in [0.2, 0.25) is 0 Å². The summed E-state index contributed by atoms with van der Waals surface area (Å²) < 4.78 is 0. The number of aromatic nitrogens is 1. The summed E-state index contributed by atoms with van der Waals surface area (Å²) in [5, 5.41) is 0. The summed E-state index contributed by atoms with van der Waals surface area (Å²) in [6, 6.07) is 4.26. The quantitative estimate of drug-likeness (QED) is 0.733. The number of alkyl halides is 1. The van der Waals surface area contributed by atoms with Crippen molar-refractivity contribution in [2.75, 3.05) is 0 Å². The maximum absolute atomic E-state index is 4.44. The summed E-state index contributed by atoms with van der Waals surface area (Å²) in [6.45, 7) is 6.58. The van der Waals surface area contributed by atoms with Crippen molar-refractivity contribution >= 4 is 15.9 Å². The third-order valence-corrected chi connectivity index (χ3v) is 4.01. The van der Waals surface area contributed by atoms with Crippen LogP contribution in [0.5, 0.6) is 0 Å². The SMILES string of the molecule is CCC(CC)C(Br)Cc1ccc(C)cn1. The Hall–Kier alpha value is -0.370. The molecule has 0 bridgehead atoms. The van der Waals surface area contributed by atoms with Crippen molar-refractivity contribution in [1.82, 2.24) is 4.98 Å². The predicted molar refractivity (Wildman–Crippen MR) is 69.5 cm³/mol. The molecule has 1 nitrogen and oxygen atoms in total. The molecule has 0 spiro atoms. The van der Waals surface area contributed by atoms with Gasteiger partial charge in [-0.1, -0.05) is 48.7 Å². The summed E-state index contributed by atoms with van der Waals surface area (Å²) in [4.78, 5) is 5.00. The average molecular weight is 270 g/mol. The minimum absolute atomic E-state index is 0.558. The highest BCUT2D eigenvalue weighted by Gasteiger charge is 2.15. The first-order valence-electron chi connectivity index (χ1n) is 5.73. The normalized spacial score (nSPS) is 13.1. The molecule has 1 atom stereocenters. The molecule has 15 heavy (non-hydrogen) atoms. The molecule has 1 aromatic rings. The first-order chi connectivity index (χ1) is 7.17. The molecule has 0 aliphatic rings. The van der Waals surface area contributed by atoms with Gasteiger partial charge in [-0.3, -0.25) is 4.98 Å². The zero-order valence-corrected chi connectivity index (χ0v) is 11.4. The fourth-order valence-corrected chi connectivity index (χ4v) is 2.87. The molecule has 84 valence electrons. The van der Waals surface area contributed by atoms with Crippen LogP contribution in [0.25, 0.3) is 0 Å². The number of halogens is 1. The Kier molecular flexibility index (Phi) is 5.30. The molecule has 1 rings (SSSR count). The second-order valence-electron chi connectivity index (χ2n) is 4.12. The molecule has 0 saturated heterocycles. The van der Waals surface area contributed by atoms with E-state index in [9.17, 15) is 0 Å². The van der Waals surface area contributed by atoms with E-state index in [0.29, 0.717) is 4.83 Å². The van der Waals surface area contributed by atoms with Crippen molar-refractivity contribution in [2.45, 2.75) is 44.9 Å². The third-order valence-electron chi connectivity index (χ3n) is 2.94. The molecule has 1 aromatic heterocycles. The van der Waals surface area contributed by atoms with Gasteiger partial charge in [-0.2, -0.15) is 0 Å². The van der Waals surface area contributed by atoms with Gasteiger partial charge < -0.3 is 0 Å². The van der Waals surface area contributed by atoms with Crippen LogP contribution in [0.15, 0.2) is 18.3 Å². The van der Waals surface area contributed by atoms with Crippen molar-refractivity contribution in [3.8, 4) is 0 Å². The van der Waals surface area contributed by atoms with Gasteiger partial charge in [0, 0.05) is 23.1 Å². The van der Waals surface area contributed by atoms with Crippen LogP contribution < -0.4 is 0 Å². The highest BCUT2D eigenvalue weighted by atomic mass is 79.9. The summed E-state index contributed by atoms with van der Waals surface area (Å²) in [7, 11) is 0. The van der Waals surface area contributed by atoms with Crippen LogP contribution >= 0.6 is 15.9 Å². The van der Waals surface area contributed by atoms with Crippen molar-refractivity contribution in [1.29, 1.82) is 0 Å². The van der Waals surface area contributed by atoms with E-state index in [1.54, 1.807) is 0 Å². The van der Waals surface area contributed by atoms with E-state index < -0.39 is 0 Å². The largest absolute Gasteiger partial charge is 0.261 e. The fraction of sp³-hybridized carbons (Fsp3) is 0.615. The van der Waals surface area contributed by atoms with Gasteiger partial charge in [-0.25, -0.2) is 0 Å². The second kappa shape index (κ2) is 6.26. The summed E-state index contributed by atoms with van der Waals surface area (Å²) in [5.41, 5.74) is 2.42. The van der Waals surface area contributed by atoms with Crippen LogP contribution in [0.1, 0.15) is 37.9 Å². The minimum atomic E-state index is 0.558. The van der Waals surface area contributed by atoms with E-state index in [1.165, 1.54) is 24.1 Å². The molecule has 0 fully saturated rings. The lowest BCUT2D eigenvalue weighted by molar-refractivity contribution is 0.473. The lowest BCUT2D eigenvalue weighted by Gasteiger charge is -2.19. The van der Waals surface area contributed by atoms with Gasteiger partial charge in [0.05, 0.1) is 0 Å². The van der Waals surface area contributed by atoms with Gasteiger partial charge in [-0.05, 0) is 24.5 Å². The summed E-state index contributed by atoms with van der Waals surface area (Å²) >= 11 is 3.78. The van der Waals surface area contributed by atoms with Crippen molar-refractivity contribution in [2.24, 2.45) is 5.92 Å². The average Bonchev–Trinajstić information content (AvgIpc) is 2.23. The Morgan fingerprint density at radius 1 is 1.27 bits per heavy atom. The van der Waals surface area contributed by atoms with E-state index in [-0.39, 0.29) is 0 Å². The first-order valence-corrected chi connectivity index (χ1v) is 6.64. The Morgan fingerprint density at radius 3 is 2.40 bits per heavy atom. The zero-order valence-electron chi connectivity index (χ0n) is 9.83. The lowest BCUT2D eigenvalue weighted by Crippen LogP contribution is -2.16. The maximum Gasteiger partial charge on any atom is 0.0415 e. The summed E-state index contributed by atoms with van der Waals surface area (Å²) in [6.07, 6.45) is 5.45. The van der Waals surface area contributed by atoms with Gasteiger partial charge in [0.15, 0.2) is 0 Å². The highest BCUT2D eigenvalue weighted by molar-refractivity contribution is 9.09. The minimum Gasteiger partial charge on any atom is -0.261 e. The maximum atomic E-state index is 4.44. The highest BCUT2D eigenvalue weighted by Crippen LogP contribution is 2.23. The molecule has 0 aromatic carbocycles. The number of aryl methyl sites for hydroxylation is 1. The van der Waals surface area contributed by atoms with E-state index in [0.717, 1.165) is 12.3 Å². The van der Waals surface area contributed by atoms with Crippen molar-refractivity contribution < 1.29 is 0 Å². The molecule has 0 aliphatic heterocycles. The molecule has 0 aliphatic carbocycles. The Bertz CT molecular complexity index is 277. The molecule has 1 heterocycles. The van der Waals surface area contributed by atoms with E-state index >= 15 is 0 Å². The number of nitrogens with zero attached hydrogens (tertiary/aromatic N) is 1. The van der Waals surface area contributed by atoms with Gasteiger partial charge >= 0.3 is 0 Å². The van der Waals surface area contributed by atoms with E-state index in [1.807, 2.05) is 6.20 Å². The van der Waals surface area contributed by atoms with Crippen LogP contribution in [0, 0.1) is 12.8 Å². The Balaban J connectivity index is 2.57. The fourth-order valence-electron chi connectivity index (χ4n) is 1.79. The smallest absolute Gasteiger partial charge is 0.0415 e. The molecule has 0 radical (unpaired) electrons. The third kappa shape index (κ3) is 3.94. The molecule has 0 saturated carbocycles. The molecular formula is C13H20BrN. The number of rotatable bonds is 5.